The maximum absolute atomic E-state index is 14.6. The maximum Gasteiger partial charge on any atom is 0.416 e. The zero-order valence-electron chi connectivity index (χ0n) is 26.2. The predicted octanol–water partition coefficient (Wildman–Crippen LogP) is 6.47. The van der Waals surface area contributed by atoms with E-state index in [0.717, 1.165) is 30.3 Å². The van der Waals surface area contributed by atoms with E-state index in [1.54, 1.807) is 17.0 Å². The molecular weight excluding hydrogens is 655 g/mol. The number of hydrogen-bond donors (Lipinski definition) is 1. The summed E-state index contributed by atoms with van der Waals surface area (Å²) in [6, 6.07) is 11.1. The van der Waals surface area contributed by atoms with Gasteiger partial charge in [0, 0.05) is 31.0 Å². The number of nitrogens with one attached hydrogen (secondary N) is 1. The summed E-state index contributed by atoms with van der Waals surface area (Å²) in [6.45, 7) is 0.931. The molecule has 3 aliphatic rings. The van der Waals surface area contributed by atoms with Crippen LogP contribution in [0.2, 0.25) is 0 Å². The van der Waals surface area contributed by atoms with Crippen molar-refractivity contribution in [2.24, 2.45) is 5.92 Å². The average Bonchev–Trinajstić information content (AvgIpc) is 3.45. The Bertz CT molecular complexity index is 1820. The average molecular weight is 691 g/mol. The van der Waals surface area contributed by atoms with Gasteiger partial charge in [-0.1, -0.05) is 12.1 Å². The van der Waals surface area contributed by atoms with Crippen molar-refractivity contribution in [3.63, 3.8) is 0 Å². The molecule has 2 atom stereocenters. The SMILES string of the molecule is CC(=O)N[C@H]1CC[C@H](C(=O)N2CC[C@@]3(S(=O)(=O)c4ccc(F)cc4)c4ccc(OCc5c(F)cccc5C(F)(F)F)cc4CC[C@@H]23)CC1. The Balaban J connectivity index is 1.33. The number of carbonyl (C=O) groups is 2. The van der Waals surface area contributed by atoms with Gasteiger partial charge in [0.1, 0.15) is 28.7 Å². The summed E-state index contributed by atoms with van der Waals surface area (Å²) in [5.74, 6) is -2.11. The van der Waals surface area contributed by atoms with Gasteiger partial charge in [-0.25, -0.2) is 17.2 Å². The lowest BCUT2D eigenvalue weighted by molar-refractivity contribution is -0.139. The number of likely N-dealkylation sites (tertiary alicyclic amines) is 1. The van der Waals surface area contributed by atoms with Gasteiger partial charge in [-0.05, 0) is 105 Å². The van der Waals surface area contributed by atoms with Crippen LogP contribution in [0.15, 0.2) is 65.6 Å². The maximum atomic E-state index is 14.6. The van der Waals surface area contributed by atoms with Crippen LogP contribution in [0.4, 0.5) is 22.0 Å². The summed E-state index contributed by atoms with van der Waals surface area (Å²) in [5, 5.41) is 2.90. The molecular formula is C35H35F5N2O5S. The van der Waals surface area contributed by atoms with E-state index >= 15 is 0 Å². The molecule has 0 bridgehead atoms. The van der Waals surface area contributed by atoms with Gasteiger partial charge < -0.3 is 15.0 Å². The largest absolute Gasteiger partial charge is 0.489 e. The van der Waals surface area contributed by atoms with Crippen molar-refractivity contribution in [1.82, 2.24) is 10.2 Å². The number of ether oxygens (including phenoxy) is 1. The van der Waals surface area contributed by atoms with Gasteiger partial charge in [-0.15, -0.1) is 0 Å². The number of alkyl halides is 3. The van der Waals surface area contributed by atoms with Gasteiger partial charge in [-0.3, -0.25) is 9.59 Å². The van der Waals surface area contributed by atoms with Crippen LogP contribution < -0.4 is 10.1 Å². The van der Waals surface area contributed by atoms with Crippen molar-refractivity contribution >= 4 is 21.7 Å². The Hall–Kier alpha value is -4.00. The molecule has 256 valence electrons. The summed E-state index contributed by atoms with van der Waals surface area (Å²) < 4.78 is 102. The number of benzene rings is 3. The molecule has 6 rings (SSSR count). The van der Waals surface area contributed by atoms with Crippen molar-refractivity contribution in [1.29, 1.82) is 0 Å². The normalized spacial score (nSPS) is 24.0. The highest BCUT2D eigenvalue weighted by Gasteiger charge is 2.61. The Morgan fingerprint density at radius 2 is 1.69 bits per heavy atom. The van der Waals surface area contributed by atoms with Gasteiger partial charge in [-0.2, -0.15) is 13.2 Å². The predicted molar refractivity (Wildman–Crippen MR) is 165 cm³/mol. The second-order valence-electron chi connectivity index (χ2n) is 12.8. The lowest BCUT2D eigenvalue weighted by Crippen LogP contribution is -2.53. The first-order valence-electron chi connectivity index (χ1n) is 15.9. The number of fused-ring (bicyclic) bond motifs is 3. The van der Waals surface area contributed by atoms with E-state index in [1.165, 1.54) is 25.1 Å². The first-order chi connectivity index (χ1) is 22.7. The van der Waals surface area contributed by atoms with Gasteiger partial charge in [0.2, 0.25) is 11.8 Å². The topological polar surface area (TPSA) is 92.8 Å². The fraction of sp³-hybridized carbons (Fsp3) is 0.429. The van der Waals surface area contributed by atoms with E-state index in [2.05, 4.69) is 5.32 Å². The lowest BCUT2D eigenvalue weighted by Gasteiger charge is -2.43. The van der Waals surface area contributed by atoms with E-state index < -0.39 is 56.2 Å². The standard InChI is InChI=1S/C35H35F5N2O5S/c1-21(43)41-25-10-5-22(6-11-25)33(44)42-18-17-34(48(45,46)27-13-8-24(36)9-14-27)29-15-12-26(19-23(29)7-16-32(34)42)47-20-28-30(35(38,39)40)3-2-4-31(28)37/h2-4,8-9,12-15,19,22,25,32H,5-7,10-11,16-18,20H2,1H3,(H,41,43)/t22-,25-,32-,34-/m1/s1. The molecule has 48 heavy (non-hydrogen) atoms. The minimum Gasteiger partial charge on any atom is -0.489 e. The van der Waals surface area contributed by atoms with Gasteiger partial charge >= 0.3 is 6.18 Å². The number of halogens is 5. The molecule has 2 aliphatic carbocycles. The van der Waals surface area contributed by atoms with Crippen LogP contribution in [0.5, 0.6) is 5.75 Å². The zero-order chi connectivity index (χ0) is 34.4. The summed E-state index contributed by atoms with van der Waals surface area (Å²) in [7, 11) is -4.23. The third kappa shape index (κ3) is 6.05. The fourth-order valence-corrected chi connectivity index (χ4v) is 10.2. The lowest BCUT2D eigenvalue weighted by atomic mass is 9.78. The second kappa shape index (κ2) is 12.8. The summed E-state index contributed by atoms with van der Waals surface area (Å²) in [5.41, 5.74) is -0.757. The highest BCUT2D eigenvalue weighted by atomic mass is 32.2. The molecule has 7 nitrogen and oxygen atoms in total. The van der Waals surface area contributed by atoms with E-state index in [4.69, 9.17) is 4.74 Å². The molecule has 0 radical (unpaired) electrons. The van der Waals surface area contributed by atoms with Crippen molar-refractivity contribution in [2.45, 2.75) is 86.4 Å². The molecule has 0 spiro atoms. The summed E-state index contributed by atoms with van der Waals surface area (Å²) in [4.78, 5) is 27.1. The first kappa shape index (κ1) is 33.9. The van der Waals surface area contributed by atoms with Crippen molar-refractivity contribution < 1.29 is 44.7 Å². The van der Waals surface area contributed by atoms with Crippen LogP contribution in [-0.2, 0) is 43.4 Å². The highest BCUT2D eigenvalue weighted by molar-refractivity contribution is 7.92. The quantitative estimate of drug-likeness (QED) is 0.227. The molecule has 1 saturated carbocycles. The van der Waals surface area contributed by atoms with Crippen molar-refractivity contribution in [3.8, 4) is 5.75 Å². The molecule has 1 aliphatic heterocycles. The number of hydrogen-bond acceptors (Lipinski definition) is 5. The fourth-order valence-electron chi connectivity index (χ4n) is 7.81. The van der Waals surface area contributed by atoms with Gasteiger partial charge in [0.15, 0.2) is 9.84 Å². The molecule has 3 aromatic rings. The van der Waals surface area contributed by atoms with Crippen LogP contribution >= 0.6 is 0 Å². The number of sulfone groups is 1. The van der Waals surface area contributed by atoms with Gasteiger partial charge in [0.25, 0.3) is 0 Å². The number of nitrogens with zero attached hydrogens (tertiary/aromatic N) is 1. The molecule has 1 heterocycles. The number of amides is 2. The molecule has 3 aromatic carbocycles. The third-order valence-electron chi connectivity index (χ3n) is 10.0. The van der Waals surface area contributed by atoms with Crippen molar-refractivity contribution in [3.05, 3.63) is 94.6 Å². The zero-order valence-corrected chi connectivity index (χ0v) is 27.0. The van der Waals surface area contributed by atoms with E-state index in [-0.39, 0.29) is 53.8 Å². The van der Waals surface area contributed by atoms with E-state index in [0.29, 0.717) is 43.2 Å². The van der Waals surface area contributed by atoms with Gasteiger partial charge in [0.05, 0.1) is 16.5 Å². The number of rotatable bonds is 7. The smallest absolute Gasteiger partial charge is 0.416 e. The van der Waals surface area contributed by atoms with Crippen LogP contribution in [0.3, 0.4) is 0 Å². The monoisotopic (exact) mass is 690 g/mol. The molecule has 2 fully saturated rings. The third-order valence-corrected chi connectivity index (χ3v) is 12.6. The molecule has 13 heteroatoms. The second-order valence-corrected chi connectivity index (χ2v) is 15.0. The number of carbonyl (C=O) groups excluding carboxylic acids is 2. The molecule has 0 aromatic heterocycles. The minimum absolute atomic E-state index is 0.0144. The Morgan fingerprint density at radius 3 is 2.35 bits per heavy atom. The molecule has 1 N–H and O–H groups in total. The van der Waals surface area contributed by atoms with Crippen molar-refractivity contribution in [2.75, 3.05) is 6.54 Å². The first-order valence-corrected chi connectivity index (χ1v) is 17.4. The Kier molecular flexibility index (Phi) is 9.03. The van der Waals surface area contributed by atoms with E-state index in [9.17, 15) is 40.0 Å². The van der Waals surface area contributed by atoms with E-state index in [1.807, 2.05) is 0 Å². The Labute approximate surface area is 275 Å². The van der Waals surface area contributed by atoms with Crippen LogP contribution in [0.25, 0.3) is 0 Å². The summed E-state index contributed by atoms with van der Waals surface area (Å²) >= 11 is 0. The molecule has 0 unspecified atom stereocenters. The summed E-state index contributed by atoms with van der Waals surface area (Å²) in [6.07, 6.45) is -1.68. The number of aryl methyl sites for hydroxylation is 1. The van der Waals surface area contributed by atoms with Crippen LogP contribution in [0, 0.1) is 17.6 Å². The minimum atomic E-state index is -4.79. The Morgan fingerprint density at radius 1 is 0.979 bits per heavy atom. The van der Waals surface area contributed by atoms with Crippen LogP contribution in [-0.4, -0.2) is 43.8 Å². The molecule has 1 saturated heterocycles. The molecule has 2 amide bonds. The highest BCUT2D eigenvalue weighted by Crippen LogP contribution is 2.53. The van der Waals surface area contributed by atoms with Crippen LogP contribution in [0.1, 0.15) is 67.7 Å².